The van der Waals surface area contributed by atoms with Gasteiger partial charge in [-0.3, -0.25) is 9.59 Å². The molecule has 26 heavy (non-hydrogen) atoms. The molecule has 0 radical (unpaired) electrons. The fourth-order valence-corrected chi connectivity index (χ4v) is 4.09. The molecule has 1 aliphatic carbocycles. The summed E-state index contributed by atoms with van der Waals surface area (Å²) in [5, 5.41) is 2.21. The summed E-state index contributed by atoms with van der Waals surface area (Å²) in [6.07, 6.45) is 1.53. The Morgan fingerprint density at radius 1 is 1.12 bits per heavy atom. The van der Waals surface area contributed by atoms with E-state index in [1.54, 1.807) is 7.11 Å². The highest BCUT2D eigenvalue weighted by Crippen LogP contribution is 2.49. The number of esters is 2. The number of hydrogen-bond donors (Lipinski definition) is 0. The van der Waals surface area contributed by atoms with Crippen molar-refractivity contribution in [2.45, 2.75) is 32.1 Å². The minimum atomic E-state index is -0.754. The lowest BCUT2D eigenvalue weighted by Crippen LogP contribution is -2.40. The Morgan fingerprint density at radius 3 is 2.54 bits per heavy atom. The molecule has 0 fully saturated rings. The Bertz CT molecular complexity index is 857. The maximum Gasteiger partial charge on any atom is 0.312 e. The number of benzene rings is 2. The van der Waals surface area contributed by atoms with Crippen LogP contribution in [0, 0.1) is 5.41 Å². The average molecular weight is 356 g/mol. The van der Waals surface area contributed by atoms with E-state index < -0.39 is 5.41 Å². The maximum atomic E-state index is 12.5. The highest BCUT2D eigenvalue weighted by Gasteiger charge is 2.47. The van der Waals surface area contributed by atoms with E-state index in [0.29, 0.717) is 6.42 Å². The minimum Gasteiger partial charge on any atom is -0.497 e. The third-order valence-electron chi connectivity index (χ3n) is 5.66. The van der Waals surface area contributed by atoms with Crippen LogP contribution in [0.15, 0.2) is 30.3 Å². The zero-order chi connectivity index (χ0) is 18.9. The molecule has 0 saturated heterocycles. The molecular weight excluding hydrogens is 332 g/mol. The van der Waals surface area contributed by atoms with Crippen molar-refractivity contribution < 1.29 is 23.8 Å². The van der Waals surface area contributed by atoms with Gasteiger partial charge >= 0.3 is 11.9 Å². The van der Waals surface area contributed by atoms with Gasteiger partial charge in [-0.25, -0.2) is 0 Å². The van der Waals surface area contributed by atoms with Gasteiger partial charge in [0.2, 0.25) is 0 Å². The predicted molar refractivity (Wildman–Crippen MR) is 98.3 cm³/mol. The highest BCUT2D eigenvalue weighted by atomic mass is 16.5. The van der Waals surface area contributed by atoms with Crippen LogP contribution in [0.4, 0.5) is 0 Å². The fourth-order valence-electron chi connectivity index (χ4n) is 4.09. The molecule has 1 aliphatic rings. The molecule has 5 heteroatoms. The third-order valence-corrected chi connectivity index (χ3v) is 5.66. The fraction of sp³-hybridized carbons (Fsp3) is 0.429. The lowest BCUT2D eigenvalue weighted by Gasteiger charge is -2.40. The molecule has 0 aromatic heterocycles. The van der Waals surface area contributed by atoms with Gasteiger partial charge in [0.05, 0.1) is 33.2 Å². The molecule has 0 N–H and O–H groups in total. The molecule has 2 aromatic carbocycles. The van der Waals surface area contributed by atoms with Gasteiger partial charge < -0.3 is 14.2 Å². The van der Waals surface area contributed by atoms with Gasteiger partial charge in [-0.05, 0) is 53.8 Å². The predicted octanol–water partition coefficient (Wildman–Crippen LogP) is 3.62. The number of carbonyl (C=O) groups excluding carboxylic acids is 2. The lowest BCUT2D eigenvalue weighted by atomic mass is 9.63. The molecule has 0 saturated carbocycles. The van der Waals surface area contributed by atoms with Crippen molar-refractivity contribution in [3.63, 3.8) is 0 Å². The van der Waals surface area contributed by atoms with Crippen LogP contribution in [0.1, 0.15) is 36.8 Å². The SMILES string of the molecule is COC(=O)C[C@H]1c2ccc3cc(OC)ccc3c2CC[C@]1(C)C(=O)OC. The molecule has 0 spiro atoms. The van der Waals surface area contributed by atoms with Crippen molar-refractivity contribution in [2.75, 3.05) is 21.3 Å². The summed E-state index contributed by atoms with van der Waals surface area (Å²) in [5.41, 5.74) is 1.45. The van der Waals surface area contributed by atoms with E-state index in [1.807, 2.05) is 37.3 Å². The Balaban J connectivity index is 2.16. The Labute approximate surface area is 153 Å². The first-order valence-corrected chi connectivity index (χ1v) is 8.69. The second-order valence-electron chi connectivity index (χ2n) is 6.96. The summed E-state index contributed by atoms with van der Waals surface area (Å²) in [7, 11) is 4.41. The van der Waals surface area contributed by atoms with Crippen LogP contribution in [-0.4, -0.2) is 33.3 Å². The third kappa shape index (κ3) is 2.91. The Kier molecular flexibility index (Phi) is 4.90. The summed E-state index contributed by atoms with van der Waals surface area (Å²) in [4.78, 5) is 24.6. The van der Waals surface area contributed by atoms with Gasteiger partial charge in [0, 0.05) is 5.92 Å². The van der Waals surface area contributed by atoms with Crippen LogP contribution < -0.4 is 4.74 Å². The first-order valence-electron chi connectivity index (χ1n) is 8.69. The van der Waals surface area contributed by atoms with E-state index in [1.165, 1.54) is 19.8 Å². The van der Waals surface area contributed by atoms with Gasteiger partial charge in [-0.1, -0.05) is 18.2 Å². The molecule has 2 atom stereocenters. The van der Waals surface area contributed by atoms with Crippen molar-refractivity contribution in [1.82, 2.24) is 0 Å². The molecule has 0 unspecified atom stereocenters. The first kappa shape index (κ1) is 18.2. The second-order valence-corrected chi connectivity index (χ2v) is 6.96. The van der Waals surface area contributed by atoms with Crippen LogP contribution in [0.5, 0.6) is 5.75 Å². The summed E-state index contributed by atoms with van der Waals surface area (Å²) in [6.45, 7) is 1.88. The number of methoxy groups -OCH3 is 3. The molecule has 0 aliphatic heterocycles. The maximum absolute atomic E-state index is 12.5. The summed E-state index contributed by atoms with van der Waals surface area (Å²) in [6, 6.07) is 10.0. The lowest BCUT2D eigenvalue weighted by molar-refractivity contribution is -0.155. The Morgan fingerprint density at radius 2 is 1.88 bits per heavy atom. The average Bonchev–Trinajstić information content (AvgIpc) is 2.68. The van der Waals surface area contributed by atoms with Gasteiger partial charge in [0.15, 0.2) is 0 Å². The quantitative estimate of drug-likeness (QED) is 0.783. The van der Waals surface area contributed by atoms with E-state index >= 15 is 0 Å². The Hall–Kier alpha value is -2.56. The standard InChI is InChI=1S/C21H24O5/c1-21(20(23)26-4)10-9-16-15-8-6-14(24-2)11-13(15)5-7-17(16)18(21)12-19(22)25-3/h5-8,11,18H,9-10,12H2,1-4H3/t18-,21-/m0/s1. The van der Waals surface area contributed by atoms with Crippen molar-refractivity contribution >= 4 is 22.7 Å². The van der Waals surface area contributed by atoms with Crippen LogP contribution in [0.3, 0.4) is 0 Å². The molecule has 0 amide bonds. The number of carbonyl (C=O) groups is 2. The van der Waals surface area contributed by atoms with Crippen LogP contribution in [-0.2, 0) is 25.5 Å². The largest absolute Gasteiger partial charge is 0.497 e. The van der Waals surface area contributed by atoms with Crippen LogP contribution in [0.25, 0.3) is 10.8 Å². The van der Waals surface area contributed by atoms with Crippen molar-refractivity contribution in [1.29, 1.82) is 0 Å². The normalized spacial score (nSPS) is 21.8. The number of hydrogen-bond acceptors (Lipinski definition) is 5. The topological polar surface area (TPSA) is 61.8 Å². The van der Waals surface area contributed by atoms with Gasteiger partial charge in [-0.2, -0.15) is 0 Å². The van der Waals surface area contributed by atoms with E-state index in [2.05, 4.69) is 0 Å². The smallest absolute Gasteiger partial charge is 0.312 e. The number of rotatable bonds is 4. The molecule has 2 aromatic rings. The molecule has 3 rings (SSSR count). The first-order chi connectivity index (χ1) is 12.4. The minimum absolute atomic E-state index is 0.150. The van der Waals surface area contributed by atoms with Crippen molar-refractivity contribution in [3.05, 3.63) is 41.5 Å². The molecule has 0 bridgehead atoms. The van der Waals surface area contributed by atoms with E-state index in [0.717, 1.165) is 28.5 Å². The molecule has 138 valence electrons. The second kappa shape index (κ2) is 6.98. The monoisotopic (exact) mass is 356 g/mol. The zero-order valence-electron chi connectivity index (χ0n) is 15.6. The van der Waals surface area contributed by atoms with E-state index in [9.17, 15) is 9.59 Å². The molecule has 5 nitrogen and oxygen atoms in total. The van der Waals surface area contributed by atoms with E-state index in [-0.39, 0.29) is 24.3 Å². The van der Waals surface area contributed by atoms with Gasteiger partial charge in [-0.15, -0.1) is 0 Å². The highest BCUT2D eigenvalue weighted by molar-refractivity contribution is 5.90. The number of aryl methyl sites for hydroxylation is 1. The molecular formula is C21H24O5. The van der Waals surface area contributed by atoms with Crippen molar-refractivity contribution in [2.24, 2.45) is 5.41 Å². The van der Waals surface area contributed by atoms with Gasteiger partial charge in [0.25, 0.3) is 0 Å². The molecule has 0 heterocycles. The summed E-state index contributed by atoms with van der Waals surface area (Å²) >= 11 is 0. The van der Waals surface area contributed by atoms with E-state index in [4.69, 9.17) is 14.2 Å². The van der Waals surface area contributed by atoms with Gasteiger partial charge in [0.1, 0.15) is 5.75 Å². The van der Waals surface area contributed by atoms with Crippen LogP contribution in [0.2, 0.25) is 0 Å². The zero-order valence-corrected chi connectivity index (χ0v) is 15.6. The van der Waals surface area contributed by atoms with Crippen molar-refractivity contribution in [3.8, 4) is 5.75 Å². The summed E-state index contributed by atoms with van der Waals surface area (Å²) < 4.78 is 15.3. The number of fused-ring (bicyclic) bond motifs is 3. The number of ether oxygens (including phenoxy) is 3. The van der Waals surface area contributed by atoms with Crippen LogP contribution >= 0.6 is 0 Å². The summed E-state index contributed by atoms with van der Waals surface area (Å²) in [5.74, 6) is -0.0869.